The van der Waals surface area contributed by atoms with Gasteiger partial charge in [-0.25, -0.2) is 9.50 Å². The smallest absolute Gasteiger partial charge is 0.259 e. The Kier molecular flexibility index (Phi) is 5.39. The van der Waals surface area contributed by atoms with Gasteiger partial charge in [-0.3, -0.25) is 9.48 Å². The first kappa shape index (κ1) is 19.9. The fraction of sp³-hybridized carbons (Fsp3) is 0.364. The topological polar surface area (TPSA) is 81.5 Å². The van der Waals surface area contributed by atoms with Gasteiger partial charge in [0.2, 0.25) is 0 Å². The van der Waals surface area contributed by atoms with E-state index in [2.05, 4.69) is 22.1 Å². The van der Waals surface area contributed by atoms with Gasteiger partial charge in [0.25, 0.3) is 5.91 Å². The first-order valence-corrected chi connectivity index (χ1v) is 10.2. The molecular formula is C22H26N6O2. The Labute approximate surface area is 175 Å². The number of furan rings is 1. The first-order chi connectivity index (χ1) is 14.5. The summed E-state index contributed by atoms with van der Waals surface area (Å²) in [5.41, 5.74) is 3.93. The van der Waals surface area contributed by atoms with Gasteiger partial charge in [0.05, 0.1) is 24.4 Å². The van der Waals surface area contributed by atoms with Gasteiger partial charge in [-0.1, -0.05) is 0 Å². The van der Waals surface area contributed by atoms with Gasteiger partial charge in [-0.05, 0) is 45.4 Å². The molecule has 0 aliphatic heterocycles. The molecule has 8 nitrogen and oxygen atoms in total. The van der Waals surface area contributed by atoms with Crippen LogP contribution in [0.3, 0.4) is 0 Å². The third-order valence-electron chi connectivity index (χ3n) is 5.68. The van der Waals surface area contributed by atoms with Crippen LogP contribution in [0.25, 0.3) is 16.9 Å². The van der Waals surface area contributed by atoms with E-state index in [-0.39, 0.29) is 11.9 Å². The van der Waals surface area contributed by atoms with E-state index in [1.54, 1.807) is 28.1 Å². The highest BCUT2D eigenvalue weighted by atomic mass is 16.3. The van der Waals surface area contributed by atoms with Crippen LogP contribution in [0.2, 0.25) is 0 Å². The van der Waals surface area contributed by atoms with Crippen molar-refractivity contribution in [2.45, 2.75) is 46.2 Å². The van der Waals surface area contributed by atoms with E-state index in [4.69, 9.17) is 4.42 Å². The highest BCUT2D eigenvalue weighted by Crippen LogP contribution is 2.25. The van der Waals surface area contributed by atoms with Crippen molar-refractivity contribution < 1.29 is 9.21 Å². The van der Waals surface area contributed by atoms with Crippen molar-refractivity contribution in [2.24, 2.45) is 0 Å². The third kappa shape index (κ3) is 3.49. The Hall–Kier alpha value is -3.42. The lowest BCUT2D eigenvalue weighted by molar-refractivity contribution is 0.0738. The summed E-state index contributed by atoms with van der Waals surface area (Å²) >= 11 is 0. The van der Waals surface area contributed by atoms with E-state index in [0.29, 0.717) is 11.2 Å². The van der Waals surface area contributed by atoms with Gasteiger partial charge < -0.3 is 9.32 Å². The van der Waals surface area contributed by atoms with Gasteiger partial charge in [0.15, 0.2) is 5.65 Å². The van der Waals surface area contributed by atoms with E-state index in [1.807, 2.05) is 50.0 Å². The summed E-state index contributed by atoms with van der Waals surface area (Å²) in [6.45, 7) is 6.92. The maximum Gasteiger partial charge on any atom is 0.259 e. The zero-order chi connectivity index (χ0) is 21.3. The molecule has 0 bridgehead atoms. The fourth-order valence-electron chi connectivity index (χ4n) is 3.65. The van der Waals surface area contributed by atoms with Crippen molar-refractivity contribution in [1.29, 1.82) is 0 Å². The molecular weight excluding hydrogens is 380 g/mol. The number of hydrogen-bond acceptors (Lipinski definition) is 5. The molecule has 0 fully saturated rings. The molecule has 1 amide bonds. The molecule has 0 aliphatic rings. The van der Waals surface area contributed by atoms with Crippen molar-refractivity contribution in [1.82, 2.24) is 29.3 Å². The maximum atomic E-state index is 13.2. The zero-order valence-corrected chi connectivity index (χ0v) is 17.7. The highest BCUT2D eigenvalue weighted by molar-refractivity contribution is 6.00. The van der Waals surface area contributed by atoms with Gasteiger partial charge in [0, 0.05) is 43.5 Å². The number of hydrogen-bond donors (Lipinski definition) is 0. The number of carbonyl (C=O) groups is 1. The van der Waals surface area contributed by atoms with Crippen molar-refractivity contribution in [3.8, 4) is 11.3 Å². The lowest BCUT2D eigenvalue weighted by Gasteiger charge is -2.24. The van der Waals surface area contributed by atoms with Crippen molar-refractivity contribution in [3.05, 3.63) is 60.1 Å². The van der Waals surface area contributed by atoms with Crippen LogP contribution in [0.1, 0.15) is 42.1 Å². The predicted molar refractivity (Wildman–Crippen MR) is 113 cm³/mol. The lowest BCUT2D eigenvalue weighted by atomic mass is 10.1. The van der Waals surface area contributed by atoms with Crippen LogP contribution in [0.4, 0.5) is 0 Å². The molecule has 0 radical (unpaired) electrons. The number of amides is 1. The summed E-state index contributed by atoms with van der Waals surface area (Å²) in [4.78, 5) is 19.4. The fourth-order valence-corrected chi connectivity index (χ4v) is 3.65. The second-order valence-electron chi connectivity index (χ2n) is 7.47. The molecule has 8 heteroatoms. The Balaban J connectivity index is 1.60. The number of aromatic nitrogens is 5. The van der Waals surface area contributed by atoms with E-state index in [1.165, 1.54) is 0 Å². The first-order valence-electron chi connectivity index (χ1n) is 10.2. The minimum Gasteiger partial charge on any atom is -0.469 e. The van der Waals surface area contributed by atoms with Crippen LogP contribution in [0, 0.1) is 6.92 Å². The second kappa shape index (κ2) is 8.14. The molecule has 0 aromatic carbocycles. The molecule has 0 aliphatic carbocycles. The minimum atomic E-state index is -0.0948. The SMILES string of the molecule is CCn1ncc(-c2ccnc3c(C(=O)N(C)[C@@H](C)CCc4ccco4)cnn23)c1C. The number of carbonyl (C=O) groups excluding carboxylic acids is 1. The molecule has 4 rings (SSSR count). The van der Waals surface area contributed by atoms with Crippen molar-refractivity contribution >= 4 is 11.6 Å². The van der Waals surface area contributed by atoms with E-state index in [0.717, 1.165) is 42.1 Å². The van der Waals surface area contributed by atoms with Gasteiger partial charge >= 0.3 is 0 Å². The molecule has 4 aromatic heterocycles. The lowest BCUT2D eigenvalue weighted by Crippen LogP contribution is -2.35. The molecule has 0 spiro atoms. The molecule has 0 unspecified atom stereocenters. The average Bonchev–Trinajstić information content (AvgIpc) is 3.50. The van der Waals surface area contributed by atoms with Crippen molar-refractivity contribution in [2.75, 3.05) is 7.05 Å². The number of aryl methyl sites for hydroxylation is 2. The van der Waals surface area contributed by atoms with Crippen LogP contribution in [0.15, 0.2) is 47.5 Å². The summed E-state index contributed by atoms with van der Waals surface area (Å²) in [7, 11) is 1.82. The van der Waals surface area contributed by atoms with E-state index >= 15 is 0 Å². The van der Waals surface area contributed by atoms with Gasteiger partial charge in [-0.2, -0.15) is 10.2 Å². The predicted octanol–water partition coefficient (Wildman–Crippen LogP) is 3.61. The van der Waals surface area contributed by atoms with E-state index in [9.17, 15) is 4.79 Å². The summed E-state index contributed by atoms with van der Waals surface area (Å²) in [6.07, 6.45) is 8.41. The maximum absolute atomic E-state index is 13.2. The normalized spacial score (nSPS) is 12.4. The summed E-state index contributed by atoms with van der Waals surface area (Å²) in [6, 6.07) is 5.77. The van der Waals surface area contributed by atoms with Gasteiger partial charge in [0.1, 0.15) is 11.3 Å². The van der Waals surface area contributed by atoms with Gasteiger partial charge in [-0.15, -0.1) is 0 Å². The highest BCUT2D eigenvalue weighted by Gasteiger charge is 2.23. The Morgan fingerprint density at radius 3 is 2.80 bits per heavy atom. The largest absolute Gasteiger partial charge is 0.469 e. The average molecular weight is 406 g/mol. The van der Waals surface area contributed by atoms with Crippen LogP contribution in [-0.4, -0.2) is 48.3 Å². The molecule has 0 N–H and O–H groups in total. The Morgan fingerprint density at radius 1 is 1.27 bits per heavy atom. The molecule has 30 heavy (non-hydrogen) atoms. The molecule has 4 aromatic rings. The molecule has 1 atom stereocenters. The Morgan fingerprint density at radius 2 is 2.10 bits per heavy atom. The summed E-state index contributed by atoms with van der Waals surface area (Å²) in [5, 5.41) is 8.90. The number of rotatable bonds is 7. The molecule has 156 valence electrons. The quantitative estimate of drug-likeness (QED) is 0.468. The van der Waals surface area contributed by atoms with E-state index < -0.39 is 0 Å². The van der Waals surface area contributed by atoms with Crippen LogP contribution in [-0.2, 0) is 13.0 Å². The second-order valence-corrected chi connectivity index (χ2v) is 7.47. The summed E-state index contributed by atoms with van der Waals surface area (Å²) < 4.78 is 9.05. The Bertz CT molecular complexity index is 1160. The standard InChI is InChI=1S/C22H26N6O2/c1-5-27-16(3)18(13-24-27)20-10-11-23-21-19(14-25-28(20)21)22(29)26(4)15(2)8-9-17-7-6-12-30-17/h6-7,10-15H,5,8-9H2,1-4H3/t15-/m0/s1. The number of fused-ring (bicyclic) bond motifs is 1. The van der Waals surface area contributed by atoms with Crippen molar-refractivity contribution in [3.63, 3.8) is 0 Å². The monoisotopic (exact) mass is 406 g/mol. The minimum absolute atomic E-state index is 0.0470. The molecule has 0 saturated carbocycles. The summed E-state index contributed by atoms with van der Waals surface area (Å²) in [5.74, 6) is 0.829. The van der Waals surface area contributed by atoms with Crippen LogP contribution >= 0.6 is 0 Å². The third-order valence-corrected chi connectivity index (χ3v) is 5.68. The molecule has 4 heterocycles. The molecule has 0 saturated heterocycles. The van der Waals surface area contributed by atoms with Crippen LogP contribution < -0.4 is 0 Å². The zero-order valence-electron chi connectivity index (χ0n) is 17.7. The number of nitrogens with zero attached hydrogens (tertiary/aromatic N) is 6. The van der Waals surface area contributed by atoms with Crippen LogP contribution in [0.5, 0.6) is 0 Å².